The number of thiazole rings is 1. The van der Waals surface area contributed by atoms with Crippen LogP contribution in [0.1, 0.15) is 16.1 Å². The lowest BCUT2D eigenvalue weighted by Crippen LogP contribution is -2.18. The molecule has 0 aliphatic rings. The first-order chi connectivity index (χ1) is 11.1. The fraction of sp³-hybridized carbons (Fsp3) is 0.133. The number of hydrogen-bond donors (Lipinski definition) is 1. The Hall–Kier alpha value is -2.38. The summed E-state index contributed by atoms with van der Waals surface area (Å²) in [7, 11) is 3.84. The fourth-order valence-electron chi connectivity index (χ4n) is 2.03. The molecule has 8 heteroatoms. The van der Waals surface area contributed by atoms with Gasteiger partial charge in [0.25, 0.3) is 5.91 Å². The average Bonchev–Trinajstić information content (AvgIpc) is 3.09. The van der Waals surface area contributed by atoms with E-state index in [1.807, 2.05) is 47.1 Å². The lowest BCUT2D eigenvalue weighted by molar-refractivity contribution is 0.0955. The minimum Gasteiger partial charge on any atom is -0.378 e. The number of carbonyl (C=O) groups excluding carboxylic acids is 1. The number of imidazole rings is 1. The molecule has 0 unspecified atom stereocenters. The zero-order chi connectivity index (χ0) is 16.4. The Labute approximate surface area is 142 Å². The van der Waals surface area contributed by atoms with Crippen LogP contribution < -0.4 is 10.3 Å². The first-order valence-corrected chi connectivity index (χ1v) is 8.04. The first kappa shape index (κ1) is 15.5. The van der Waals surface area contributed by atoms with Crippen LogP contribution in [0.15, 0.2) is 40.9 Å². The van der Waals surface area contributed by atoms with Crippen molar-refractivity contribution in [3.63, 3.8) is 0 Å². The number of rotatable bonds is 4. The van der Waals surface area contributed by atoms with E-state index in [4.69, 9.17) is 11.6 Å². The predicted octanol–water partition coefficient (Wildman–Crippen LogP) is 2.88. The summed E-state index contributed by atoms with van der Waals surface area (Å²) in [6.07, 6.45) is 3.34. The van der Waals surface area contributed by atoms with Crippen molar-refractivity contribution in [1.29, 1.82) is 0 Å². The number of amides is 1. The zero-order valence-corrected chi connectivity index (χ0v) is 14.1. The quantitative estimate of drug-likeness (QED) is 0.583. The minimum absolute atomic E-state index is 0.285. The summed E-state index contributed by atoms with van der Waals surface area (Å²) in [4.78, 5) is 19.1. The second-order valence-corrected chi connectivity index (χ2v) is 6.22. The highest BCUT2D eigenvalue weighted by Crippen LogP contribution is 2.19. The monoisotopic (exact) mass is 347 g/mol. The number of halogens is 1. The third kappa shape index (κ3) is 3.20. The second kappa shape index (κ2) is 6.39. The maximum Gasteiger partial charge on any atom is 0.271 e. The van der Waals surface area contributed by atoms with E-state index in [9.17, 15) is 4.79 Å². The standard InChI is InChI=1S/C15H14ClN5OS/c1-20(2)11-5-3-4-10(8-11)14(22)19-17-9-12-13(16)18-15-21(12)6-7-23-15/h3-9H,1-2H3,(H,19,22)/b17-9+. The zero-order valence-electron chi connectivity index (χ0n) is 12.5. The number of hydrogen-bond acceptors (Lipinski definition) is 5. The average molecular weight is 348 g/mol. The molecule has 0 aliphatic heterocycles. The third-order valence-electron chi connectivity index (χ3n) is 3.23. The molecule has 1 N–H and O–H groups in total. The van der Waals surface area contributed by atoms with Crippen molar-refractivity contribution >= 4 is 45.7 Å². The van der Waals surface area contributed by atoms with Gasteiger partial charge in [0, 0.05) is 36.9 Å². The Morgan fingerprint density at radius 3 is 3.09 bits per heavy atom. The van der Waals surface area contributed by atoms with E-state index in [0.29, 0.717) is 16.4 Å². The van der Waals surface area contributed by atoms with E-state index in [-0.39, 0.29) is 5.91 Å². The van der Waals surface area contributed by atoms with Crippen LogP contribution in [0.25, 0.3) is 4.96 Å². The van der Waals surface area contributed by atoms with Crippen LogP contribution in [0, 0.1) is 0 Å². The van der Waals surface area contributed by atoms with Gasteiger partial charge in [0.1, 0.15) is 5.69 Å². The summed E-state index contributed by atoms with van der Waals surface area (Å²) in [5, 5.41) is 6.23. The van der Waals surface area contributed by atoms with Crippen molar-refractivity contribution < 1.29 is 4.79 Å². The van der Waals surface area contributed by atoms with Crippen molar-refractivity contribution in [2.75, 3.05) is 19.0 Å². The molecule has 6 nitrogen and oxygen atoms in total. The molecule has 0 fully saturated rings. The van der Waals surface area contributed by atoms with Gasteiger partial charge in [0.15, 0.2) is 10.1 Å². The summed E-state index contributed by atoms with van der Waals surface area (Å²) in [6.45, 7) is 0. The number of carbonyl (C=O) groups is 1. The van der Waals surface area contributed by atoms with Crippen LogP contribution >= 0.6 is 22.9 Å². The van der Waals surface area contributed by atoms with Crippen LogP contribution in [0.2, 0.25) is 5.15 Å². The van der Waals surface area contributed by atoms with Crippen molar-refractivity contribution in [3.8, 4) is 0 Å². The summed E-state index contributed by atoms with van der Waals surface area (Å²) in [5.74, 6) is -0.285. The molecule has 0 saturated carbocycles. The first-order valence-electron chi connectivity index (χ1n) is 6.78. The Balaban J connectivity index is 1.75. The number of benzene rings is 1. The van der Waals surface area contributed by atoms with Gasteiger partial charge in [-0.05, 0) is 18.2 Å². The number of aromatic nitrogens is 2. The maximum atomic E-state index is 12.1. The molecule has 0 bridgehead atoms. The largest absolute Gasteiger partial charge is 0.378 e. The highest BCUT2D eigenvalue weighted by molar-refractivity contribution is 7.15. The number of fused-ring (bicyclic) bond motifs is 1. The van der Waals surface area contributed by atoms with Gasteiger partial charge >= 0.3 is 0 Å². The van der Waals surface area contributed by atoms with E-state index < -0.39 is 0 Å². The van der Waals surface area contributed by atoms with E-state index in [2.05, 4.69) is 15.5 Å². The minimum atomic E-state index is -0.285. The van der Waals surface area contributed by atoms with Gasteiger partial charge in [0.2, 0.25) is 0 Å². The molecule has 2 heterocycles. The smallest absolute Gasteiger partial charge is 0.271 e. The van der Waals surface area contributed by atoms with Crippen molar-refractivity contribution in [2.24, 2.45) is 5.10 Å². The van der Waals surface area contributed by atoms with Crippen LogP contribution in [0.3, 0.4) is 0 Å². The van der Waals surface area contributed by atoms with Gasteiger partial charge in [0.05, 0.1) is 6.21 Å². The van der Waals surface area contributed by atoms with Crippen molar-refractivity contribution in [1.82, 2.24) is 14.8 Å². The molecule has 23 heavy (non-hydrogen) atoms. The van der Waals surface area contributed by atoms with Gasteiger partial charge in [-0.15, -0.1) is 11.3 Å². The summed E-state index contributed by atoms with van der Waals surface area (Å²) < 4.78 is 1.81. The Bertz CT molecular complexity index is 883. The highest BCUT2D eigenvalue weighted by atomic mass is 35.5. The third-order valence-corrected chi connectivity index (χ3v) is 4.27. The Morgan fingerprint density at radius 2 is 2.30 bits per heavy atom. The molecule has 0 radical (unpaired) electrons. The lowest BCUT2D eigenvalue weighted by Gasteiger charge is -2.12. The van der Waals surface area contributed by atoms with E-state index >= 15 is 0 Å². The molecule has 1 aromatic carbocycles. The molecule has 3 rings (SSSR count). The van der Waals surface area contributed by atoms with Gasteiger partial charge in [-0.3, -0.25) is 9.20 Å². The SMILES string of the molecule is CN(C)c1cccc(C(=O)N/N=C/c2c(Cl)nc3sccn23)c1. The molecule has 3 aromatic rings. The topological polar surface area (TPSA) is 62.0 Å². The summed E-state index contributed by atoms with van der Waals surface area (Å²) >= 11 is 7.54. The number of nitrogens with zero attached hydrogens (tertiary/aromatic N) is 4. The molecule has 0 atom stereocenters. The van der Waals surface area contributed by atoms with Crippen molar-refractivity contribution in [2.45, 2.75) is 0 Å². The Morgan fingerprint density at radius 1 is 1.48 bits per heavy atom. The number of anilines is 1. The van der Waals surface area contributed by atoms with E-state index in [0.717, 1.165) is 10.6 Å². The molecule has 2 aromatic heterocycles. The van der Waals surface area contributed by atoms with Gasteiger partial charge in [-0.25, -0.2) is 10.4 Å². The number of nitrogens with one attached hydrogen (secondary N) is 1. The number of hydrazone groups is 1. The fourth-order valence-corrected chi connectivity index (χ4v) is 3.03. The van der Waals surface area contributed by atoms with Crippen LogP contribution in [0.5, 0.6) is 0 Å². The summed E-state index contributed by atoms with van der Waals surface area (Å²) in [6, 6.07) is 7.30. The molecule has 0 aliphatic carbocycles. The van der Waals surface area contributed by atoms with Gasteiger partial charge in [-0.2, -0.15) is 5.10 Å². The van der Waals surface area contributed by atoms with Crippen molar-refractivity contribution in [3.05, 3.63) is 52.3 Å². The normalized spacial score (nSPS) is 11.3. The van der Waals surface area contributed by atoms with Crippen LogP contribution in [-0.2, 0) is 0 Å². The summed E-state index contributed by atoms with van der Waals surface area (Å²) in [5.41, 5.74) is 4.61. The van der Waals surface area contributed by atoms with Gasteiger partial charge in [-0.1, -0.05) is 17.7 Å². The van der Waals surface area contributed by atoms with E-state index in [1.165, 1.54) is 17.6 Å². The molecular weight excluding hydrogens is 334 g/mol. The van der Waals surface area contributed by atoms with E-state index in [1.54, 1.807) is 12.1 Å². The molecular formula is C15H14ClN5OS. The lowest BCUT2D eigenvalue weighted by atomic mass is 10.2. The maximum absolute atomic E-state index is 12.1. The highest BCUT2D eigenvalue weighted by Gasteiger charge is 2.10. The van der Waals surface area contributed by atoms with Crippen LogP contribution in [-0.4, -0.2) is 35.6 Å². The Kier molecular flexibility index (Phi) is 4.31. The van der Waals surface area contributed by atoms with Gasteiger partial charge < -0.3 is 4.90 Å². The molecule has 118 valence electrons. The predicted molar refractivity (Wildman–Crippen MR) is 93.9 cm³/mol. The molecule has 1 amide bonds. The molecule has 0 saturated heterocycles. The second-order valence-electron chi connectivity index (χ2n) is 4.99. The van der Waals surface area contributed by atoms with Crippen LogP contribution in [0.4, 0.5) is 5.69 Å². The molecule has 0 spiro atoms.